The van der Waals surface area contributed by atoms with Crippen LogP contribution in [0.4, 0.5) is 5.95 Å². The lowest BCUT2D eigenvalue weighted by molar-refractivity contribution is -0.139. The number of aromatic nitrogens is 3. The third kappa shape index (κ3) is 4.68. The summed E-state index contributed by atoms with van der Waals surface area (Å²) in [6, 6.07) is 15.0. The van der Waals surface area contributed by atoms with Crippen molar-refractivity contribution in [1.29, 1.82) is 0 Å². The van der Waals surface area contributed by atoms with Crippen LogP contribution in [-0.4, -0.2) is 41.6 Å². The van der Waals surface area contributed by atoms with Crippen molar-refractivity contribution in [2.75, 3.05) is 26.1 Å². The van der Waals surface area contributed by atoms with E-state index in [2.05, 4.69) is 22.4 Å². The zero-order valence-electron chi connectivity index (χ0n) is 19.0. The molecule has 1 unspecified atom stereocenters. The van der Waals surface area contributed by atoms with Crippen molar-refractivity contribution in [3.05, 3.63) is 70.9 Å². The van der Waals surface area contributed by atoms with Crippen LogP contribution in [-0.2, 0) is 15.3 Å². The molecule has 0 amide bonds. The van der Waals surface area contributed by atoms with Gasteiger partial charge in [-0.3, -0.25) is 0 Å². The summed E-state index contributed by atoms with van der Waals surface area (Å²) in [5, 5.41) is 8.57. The van der Waals surface area contributed by atoms with Crippen LogP contribution in [0.2, 0.25) is 0 Å². The summed E-state index contributed by atoms with van der Waals surface area (Å²) in [7, 11) is 3.19. The number of anilines is 1. The summed E-state index contributed by atoms with van der Waals surface area (Å²) in [4.78, 5) is 17.7. The monoisotopic (exact) mass is 466 g/mol. The predicted molar refractivity (Wildman–Crippen MR) is 127 cm³/mol. The Kier molecular flexibility index (Phi) is 6.88. The van der Waals surface area contributed by atoms with Gasteiger partial charge in [0.25, 0.3) is 0 Å². The summed E-state index contributed by atoms with van der Waals surface area (Å²) in [5.74, 6) is 2.11. The Hall–Kier alpha value is -3.46. The molecule has 8 nitrogen and oxygen atoms in total. The van der Waals surface area contributed by atoms with Crippen molar-refractivity contribution in [3.8, 4) is 11.5 Å². The molecule has 3 aromatic rings. The fourth-order valence-corrected chi connectivity index (χ4v) is 4.51. The average Bonchev–Trinajstić information content (AvgIpc) is 3.24. The van der Waals surface area contributed by atoms with E-state index in [1.54, 1.807) is 25.8 Å². The Balaban J connectivity index is 1.78. The lowest BCUT2D eigenvalue weighted by Gasteiger charge is -2.29. The van der Waals surface area contributed by atoms with E-state index >= 15 is 0 Å². The van der Waals surface area contributed by atoms with Gasteiger partial charge < -0.3 is 19.5 Å². The highest BCUT2D eigenvalue weighted by Gasteiger charge is 2.37. The van der Waals surface area contributed by atoms with Crippen LogP contribution in [0.25, 0.3) is 0 Å². The minimum Gasteiger partial charge on any atom is -0.497 e. The summed E-state index contributed by atoms with van der Waals surface area (Å²) >= 11 is 1.53. The Morgan fingerprint density at radius 3 is 2.64 bits per heavy atom. The number of fused-ring (bicyclic) bond motifs is 1. The number of methoxy groups -OCH3 is 2. The molecule has 0 saturated carbocycles. The zero-order chi connectivity index (χ0) is 23.4. The van der Waals surface area contributed by atoms with E-state index in [4.69, 9.17) is 19.3 Å². The molecule has 4 rings (SSSR count). The van der Waals surface area contributed by atoms with E-state index < -0.39 is 12.0 Å². The molecular weight excluding hydrogens is 440 g/mol. The van der Waals surface area contributed by atoms with Gasteiger partial charge in [0, 0.05) is 17.0 Å². The van der Waals surface area contributed by atoms with E-state index in [9.17, 15) is 4.79 Å². The van der Waals surface area contributed by atoms with Crippen molar-refractivity contribution in [3.63, 3.8) is 0 Å². The minimum atomic E-state index is -0.594. The van der Waals surface area contributed by atoms with Gasteiger partial charge >= 0.3 is 5.97 Å². The van der Waals surface area contributed by atoms with Gasteiger partial charge in [-0.2, -0.15) is 4.98 Å². The molecule has 0 spiro atoms. The predicted octanol–water partition coefficient (Wildman–Crippen LogP) is 4.44. The maximum absolute atomic E-state index is 13.0. The number of nitrogens with one attached hydrogen (secondary N) is 1. The molecule has 0 aliphatic carbocycles. The minimum absolute atomic E-state index is 0.264. The molecule has 1 N–H and O–H groups in total. The maximum Gasteiger partial charge on any atom is 0.338 e. The second-order valence-corrected chi connectivity index (χ2v) is 8.27. The highest BCUT2D eigenvalue weighted by molar-refractivity contribution is 7.98. The van der Waals surface area contributed by atoms with Crippen LogP contribution < -0.4 is 14.8 Å². The number of ether oxygens (including phenoxy) is 3. The van der Waals surface area contributed by atoms with Gasteiger partial charge in [0.2, 0.25) is 11.1 Å². The first-order valence-electron chi connectivity index (χ1n) is 10.6. The maximum atomic E-state index is 13.0. The van der Waals surface area contributed by atoms with Crippen molar-refractivity contribution in [2.45, 2.75) is 30.8 Å². The van der Waals surface area contributed by atoms with Gasteiger partial charge in [0.15, 0.2) is 0 Å². The third-order valence-electron chi connectivity index (χ3n) is 5.27. The van der Waals surface area contributed by atoms with Crippen LogP contribution in [0.5, 0.6) is 11.5 Å². The lowest BCUT2D eigenvalue weighted by atomic mass is 9.94. The molecule has 1 aromatic heterocycles. The van der Waals surface area contributed by atoms with Crippen LogP contribution in [0.1, 0.15) is 31.0 Å². The lowest BCUT2D eigenvalue weighted by Crippen LogP contribution is -2.30. The van der Waals surface area contributed by atoms with Gasteiger partial charge in [-0.1, -0.05) is 42.1 Å². The van der Waals surface area contributed by atoms with Gasteiger partial charge in [0.1, 0.15) is 17.5 Å². The number of rotatable bonds is 8. The first-order chi connectivity index (χ1) is 16.0. The van der Waals surface area contributed by atoms with E-state index in [0.717, 1.165) is 11.3 Å². The largest absolute Gasteiger partial charge is 0.497 e. The fraction of sp³-hybridized carbons (Fsp3) is 0.292. The van der Waals surface area contributed by atoms with Crippen molar-refractivity contribution in [1.82, 2.24) is 14.8 Å². The molecule has 1 aliphatic rings. The van der Waals surface area contributed by atoms with Crippen molar-refractivity contribution in [2.24, 2.45) is 0 Å². The van der Waals surface area contributed by atoms with Crippen LogP contribution >= 0.6 is 11.8 Å². The topological polar surface area (TPSA) is 87.5 Å². The quantitative estimate of drug-likeness (QED) is 0.385. The number of carbonyl (C=O) groups excluding carboxylic acids is 1. The molecule has 2 heterocycles. The van der Waals surface area contributed by atoms with Gasteiger partial charge in [0.05, 0.1) is 26.4 Å². The molecule has 9 heteroatoms. The Bertz CT molecular complexity index is 1180. The summed E-state index contributed by atoms with van der Waals surface area (Å²) in [6.07, 6.45) is 0. The molecule has 1 atom stereocenters. The van der Waals surface area contributed by atoms with Crippen molar-refractivity contribution < 1.29 is 19.0 Å². The van der Waals surface area contributed by atoms with Crippen LogP contribution in [0, 0.1) is 0 Å². The second kappa shape index (κ2) is 9.99. The van der Waals surface area contributed by atoms with Gasteiger partial charge in [-0.05, 0) is 37.6 Å². The number of nitrogens with zero attached hydrogens (tertiary/aromatic N) is 3. The van der Waals surface area contributed by atoms with E-state index in [1.165, 1.54) is 17.3 Å². The molecule has 0 bridgehead atoms. The van der Waals surface area contributed by atoms with Gasteiger partial charge in [-0.25, -0.2) is 9.48 Å². The normalized spacial score (nSPS) is 15.0. The fourth-order valence-electron chi connectivity index (χ4n) is 3.73. The number of allylic oxidation sites excluding steroid dienone is 1. The number of benzene rings is 2. The van der Waals surface area contributed by atoms with Crippen LogP contribution in [0.15, 0.2) is 65.0 Å². The number of carbonyl (C=O) groups is 1. The van der Waals surface area contributed by atoms with E-state index in [-0.39, 0.29) is 6.61 Å². The molecule has 0 fully saturated rings. The highest BCUT2D eigenvalue weighted by Crippen LogP contribution is 2.41. The second-order valence-electron chi connectivity index (χ2n) is 7.33. The summed E-state index contributed by atoms with van der Waals surface area (Å²) in [5.41, 5.74) is 3.01. The number of hydrogen-bond donors (Lipinski definition) is 1. The standard InChI is InChI=1S/C24H26N4O4S/c1-5-32-22(29)20-15(2)25-23-26-24(33-14-16-9-7-6-8-10-16)27-28(23)21(20)18-13-17(30-3)11-12-19(18)31-4/h6-13,21H,5,14H2,1-4H3,(H,25,26,27). The van der Waals surface area contributed by atoms with Gasteiger partial charge in [-0.15, -0.1) is 5.10 Å². The molecule has 0 radical (unpaired) electrons. The third-order valence-corrected chi connectivity index (χ3v) is 6.18. The van der Waals surface area contributed by atoms with Crippen LogP contribution in [0.3, 0.4) is 0 Å². The Morgan fingerprint density at radius 2 is 1.94 bits per heavy atom. The molecule has 33 heavy (non-hydrogen) atoms. The SMILES string of the molecule is CCOC(=O)C1=C(C)Nc2nc(SCc3ccccc3)nn2C1c1cc(OC)ccc1OC. The summed E-state index contributed by atoms with van der Waals surface area (Å²) in [6.45, 7) is 3.88. The highest BCUT2D eigenvalue weighted by atomic mass is 32.2. The van der Waals surface area contributed by atoms with E-state index in [0.29, 0.717) is 33.9 Å². The molecule has 172 valence electrons. The number of hydrogen-bond acceptors (Lipinski definition) is 8. The number of thioether (sulfide) groups is 1. The smallest absolute Gasteiger partial charge is 0.338 e. The van der Waals surface area contributed by atoms with E-state index in [1.807, 2.05) is 43.3 Å². The first-order valence-corrected chi connectivity index (χ1v) is 11.5. The molecule has 0 saturated heterocycles. The Labute approximate surface area is 197 Å². The molecule has 1 aliphatic heterocycles. The molecular formula is C24H26N4O4S. The summed E-state index contributed by atoms with van der Waals surface area (Å²) < 4.78 is 18.2. The van der Waals surface area contributed by atoms with Crippen molar-refractivity contribution >= 4 is 23.7 Å². The Morgan fingerprint density at radius 1 is 1.15 bits per heavy atom. The first kappa shape index (κ1) is 22.7. The molecule has 2 aromatic carbocycles. The zero-order valence-corrected chi connectivity index (χ0v) is 19.8. The number of esters is 1. The average molecular weight is 467 g/mol.